The van der Waals surface area contributed by atoms with Crippen molar-refractivity contribution in [2.45, 2.75) is 0 Å². The number of hydrogen-bond donors (Lipinski definition) is 1. The van der Waals surface area contributed by atoms with E-state index in [1.54, 1.807) is 0 Å². The number of halogens is 5. The van der Waals surface area contributed by atoms with Crippen LogP contribution in [0.3, 0.4) is 0 Å². The molecule has 2 aromatic carbocycles. The first-order valence-electron chi connectivity index (χ1n) is 5.25. The molecule has 0 atom stereocenters. The van der Waals surface area contributed by atoms with Gasteiger partial charge in [0.05, 0.1) is 21.3 Å². The summed E-state index contributed by atoms with van der Waals surface area (Å²) in [4.78, 5) is 12.5. The van der Waals surface area contributed by atoms with E-state index in [-0.39, 0.29) is 31.3 Å². The molecule has 0 unspecified atom stereocenters. The second kappa shape index (κ2) is 5.90. The fourth-order valence-corrected chi connectivity index (χ4v) is 3.12. The Hall–Kier alpha value is -0.810. The molecular weight excluding hydrogens is 391 g/mol. The van der Waals surface area contributed by atoms with Crippen LogP contribution >= 0.6 is 50.7 Å². The number of benzene rings is 2. The minimum absolute atomic E-state index is 0.0874. The summed E-state index contributed by atoms with van der Waals surface area (Å²) in [6.07, 6.45) is 0. The summed E-state index contributed by atoms with van der Waals surface area (Å²) in [7, 11) is 0. The Balaban J connectivity index is 2.61. The van der Waals surface area contributed by atoms with Crippen LogP contribution in [0.2, 0.25) is 15.1 Å². The molecular formula is C13H6BrCl3FNO. The van der Waals surface area contributed by atoms with Crippen molar-refractivity contribution in [1.29, 1.82) is 0 Å². The second-order valence-corrected chi connectivity index (χ2v) is 6.03. The molecule has 0 radical (unpaired) electrons. The zero-order valence-corrected chi connectivity index (χ0v) is 13.5. The average Bonchev–Trinajstić information content (AvgIpc) is 2.32. The van der Waals surface area contributed by atoms with Crippen LogP contribution in [0.1, 0.15) is 15.9 Å². The van der Waals surface area contributed by atoms with Crippen molar-refractivity contribution in [2.24, 2.45) is 0 Å². The summed E-state index contributed by atoms with van der Waals surface area (Å²) in [6, 6.07) is 5.15. The van der Waals surface area contributed by atoms with Gasteiger partial charge in [-0.05, 0) is 40.2 Å². The van der Waals surface area contributed by atoms with Crippen molar-refractivity contribution >= 4 is 62.2 Å². The van der Waals surface area contributed by atoms with Crippen molar-refractivity contribution in [3.8, 4) is 0 Å². The summed E-state index contributed by atoms with van der Waals surface area (Å²) >= 11 is 20.9. The fourth-order valence-electron chi connectivity index (χ4n) is 1.63. The molecule has 2 nitrogen and oxygen atoms in total. The molecule has 2 rings (SSSR count). The van der Waals surface area contributed by atoms with E-state index in [0.29, 0.717) is 5.02 Å². The highest BCUT2D eigenvalue weighted by atomic mass is 79.9. The highest BCUT2D eigenvalue weighted by molar-refractivity contribution is 9.10. The van der Waals surface area contributed by atoms with Gasteiger partial charge in [0.2, 0.25) is 0 Å². The first-order chi connectivity index (χ1) is 9.31. The molecule has 2 N–H and O–H groups in total. The smallest absolute Gasteiger partial charge is 0.197 e. The molecule has 0 amide bonds. The minimum atomic E-state index is -0.623. The zero-order chi connectivity index (χ0) is 15.0. The summed E-state index contributed by atoms with van der Waals surface area (Å²) in [5, 5.41) is 0.541. The number of carbonyl (C=O) groups is 1. The molecule has 104 valence electrons. The van der Waals surface area contributed by atoms with Crippen LogP contribution in [0.5, 0.6) is 0 Å². The molecule has 20 heavy (non-hydrogen) atoms. The van der Waals surface area contributed by atoms with E-state index in [1.165, 1.54) is 18.2 Å². The summed E-state index contributed by atoms with van der Waals surface area (Å²) in [6.45, 7) is 0. The zero-order valence-electron chi connectivity index (χ0n) is 9.68. The average molecular weight is 397 g/mol. The molecule has 0 saturated carbocycles. The standard InChI is InChI=1S/C13H6BrCl3FNO/c14-7-4-10(18)11(19)3-6(7)13(20)12-8(16)1-5(15)2-9(12)17/h1-4H,19H2. The van der Waals surface area contributed by atoms with Gasteiger partial charge in [0.1, 0.15) is 5.82 Å². The quantitative estimate of drug-likeness (QED) is 0.547. The van der Waals surface area contributed by atoms with Gasteiger partial charge in [-0.3, -0.25) is 4.79 Å². The first-order valence-corrected chi connectivity index (χ1v) is 7.17. The summed E-state index contributed by atoms with van der Waals surface area (Å²) in [5.74, 6) is -1.10. The largest absolute Gasteiger partial charge is 0.396 e. The van der Waals surface area contributed by atoms with Crippen LogP contribution < -0.4 is 5.73 Å². The van der Waals surface area contributed by atoms with E-state index < -0.39 is 11.6 Å². The summed E-state index contributed by atoms with van der Waals surface area (Å²) in [5.41, 5.74) is 5.58. The van der Waals surface area contributed by atoms with Crippen molar-refractivity contribution < 1.29 is 9.18 Å². The van der Waals surface area contributed by atoms with Gasteiger partial charge < -0.3 is 5.73 Å². The topological polar surface area (TPSA) is 43.1 Å². The molecule has 2 aromatic rings. The monoisotopic (exact) mass is 395 g/mol. The lowest BCUT2D eigenvalue weighted by Crippen LogP contribution is -2.06. The maximum atomic E-state index is 13.3. The van der Waals surface area contributed by atoms with Gasteiger partial charge in [0.15, 0.2) is 5.78 Å². The second-order valence-electron chi connectivity index (χ2n) is 3.93. The molecule has 0 bridgehead atoms. The number of carbonyl (C=O) groups excluding carboxylic acids is 1. The molecule has 0 heterocycles. The highest BCUT2D eigenvalue weighted by Crippen LogP contribution is 2.33. The minimum Gasteiger partial charge on any atom is -0.396 e. The van der Waals surface area contributed by atoms with Gasteiger partial charge in [-0.25, -0.2) is 4.39 Å². The maximum absolute atomic E-state index is 13.3. The Morgan fingerprint density at radius 3 is 2.20 bits per heavy atom. The number of rotatable bonds is 2. The number of anilines is 1. The third-order valence-corrected chi connectivity index (χ3v) is 4.04. The number of hydrogen-bond acceptors (Lipinski definition) is 2. The van der Waals surface area contributed by atoms with Crippen LogP contribution in [-0.2, 0) is 0 Å². The van der Waals surface area contributed by atoms with E-state index in [9.17, 15) is 9.18 Å². The third-order valence-electron chi connectivity index (χ3n) is 2.56. The van der Waals surface area contributed by atoms with Gasteiger partial charge in [-0.2, -0.15) is 0 Å². The predicted molar refractivity (Wildman–Crippen MR) is 83.4 cm³/mol. The van der Waals surface area contributed by atoms with Crippen molar-refractivity contribution in [1.82, 2.24) is 0 Å². The van der Waals surface area contributed by atoms with E-state index in [4.69, 9.17) is 40.5 Å². The van der Waals surface area contributed by atoms with Crippen LogP contribution in [0.4, 0.5) is 10.1 Å². The van der Waals surface area contributed by atoms with Gasteiger partial charge in [-0.1, -0.05) is 34.8 Å². The molecule has 0 spiro atoms. The van der Waals surface area contributed by atoms with Crippen LogP contribution in [0.15, 0.2) is 28.7 Å². The Bertz CT molecular complexity index is 698. The van der Waals surface area contributed by atoms with Gasteiger partial charge in [0.25, 0.3) is 0 Å². The molecule has 0 saturated heterocycles. The third kappa shape index (κ3) is 2.93. The fraction of sp³-hybridized carbons (Fsp3) is 0. The Morgan fingerprint density at radius 1 is 1.10 bits per heavy atom. The Kier molecular flexibility index (Phi) is 4.59. The normalized spacial score (nSPS) is 10.7. The van der Waals surface area contributed by atoms with Crippen LogP contribution in [0.25, 0.3) is 0 Å². The molecule has 7 heteroatoms. The molecule has 0 aliphatic carbocycles. The van der Waals surface area contributed by atoms with Crippen LogP contribution in [-0.4, -0.2) is 5.78 Å². The predicted octanol–water partition coefficient (Wildman–Crippen LogP) is 5.36. The van der Waals surface area contributed by atoms with Crippen molar-refractivity contribution in [3.63, 3.8) is 0 Å². The van der Waals surface area contributed by atoms with E-state index in [0.717, 1.165) is 6.07 Å². The Morgan fingerprint density at radius 2 is 1.65 bits per heavy atom. The van der Waals surface area contributed by atoms with Gasteiger partial charge in [0, 0.05) is 15.1 Å². The van der Waals surface area contributed by atoms with E-state index >= 15 is 0 Å². The lowest BCUT2D eigenvalue weighted by molar-refractivity contribution is 0.103. The van der Waals surface area contributed by atoms with E-state index in [2.05, 4.69) is 15.9 Å². The lowest BCUT2D eigenvalue weighted by atomic mass is 10.0. The number of nitrogen functional groups attached to an aromatic ring is 1. The summed E-state index contributed by atoms with van der Waals surface area (Å²) < 4.78 is 13.6. The van der Waals surface area contributed by atoms with Crippen molar-refractivity contribution in [2.75, 3.05) is 5.73 Å². The molecule has 0 fully saturated rings. The highest BCUT2D eigenvalue weighted by Gasteiger charge is 2.21. The van der Waals surface area contributed by atoms with Gasteiger partial charge >= 0.3 is 0 Å². The molecule has 0 aromatic heterocycles. The Labute approximate surface area is 137 Å². The van der Waals surface area contributed by atoms with Gasteiger partial charge in [-0.15, -0.1) is 0 Å². The molecule has 0 aliphatic heterocycles. The van der Waals surface area contributed by atoms with Crippen molar-refractivity contribution in [3.05, 3.63) is 60.8 Å². The number of ketones is 1. The first kappa shape index (κ1) is 15.6. The lowest BCUT2D eigenvalue weighted by Gasteiger charge is -2.09. The number of nitrogens with two attached hydrogens (primary N) is 1. The SMILES string of the molecule is Nc1cc(C(=O)c2c(Cl)cc(Cl)cc2Cl)c(Br)cc1F. The van der Waals surface area contributed by atoms with Crippen LogP contribution in [0, 0.1) is 5.82 Å². The molecule has 0 aliphatic rings. The van der Waals surface area contributed by atoms with E-state index in [1.807, 2.05) is 0 Å². The maximum Gasteiger partial charge on any atom is 0.197 e.